The minimum Gasteiger partial charge on any atom is -0.315 e. The molecule has 1 saturated heterocycles. The molecular weight excluding hydrogens is 236 g/mol. The highest BCUT2D eigenvalue weighted by Crippen LogP contribution is 2.11. The predicted octanol–water partition coefficient (Wildman–Crippen LogP) is 0.885. The molecule has 0 spiro atoms. The van der Waals surface area contributed by atoms with Crippen molar-refractivity contribution in [1.82, 2.24) is 10.2 Å². The SMILES string of the molecule is CCCNCC(CCC)N1CCS(=O)(=O)CC1. The average molecular weight is 262 g/mol. The van der Waals surface area contributed by atoms with Crippen molar-refractivity contribution in [3.8, 4) is 0 Å². The maximum atomic E-state index is 11.4. The fourth-order valence-electron chi connectivity index (χ4n) is 2.28. The first-order valence-corrected chi connectivity index (χ1v) is 8.56. The highest BCUT2D eigenvalue weighted by molar-refractivity contribution is 7.91. The molecule has 102 valence electrons. The largest absolute Gasteiger partial charge is 0.315 e. The second-order valence-electron chi connectivity index (χ2n) is 4.83. The van der Waals surface area contributed by atoms with Crippen LogP contribution in [0.4, 0.5) is 0 Å². The lowest BCUT2D eigenvalue weighted by Crippen LogP contribution is -2.49. The Bertz CT molecular complexity index is 290. The van der Waals surface area contributed by atoms with Gasteiger partial charge in [-0.25, -0.2) is 8.42 Å². The van der Waals surface area contributed by atoms with Crippen LogP contribution in [-0.2, 0) is 9.84 Å². The first-order chi connectivity index (χ1) is 8.09. The maximum Gasteiger partial charge on any atom is 0.152 e. The normalized spacial score (nSPS) is 22.5. The van der Waals surface area contributed by atoms with E-state index in [-0.39, 0.29) is 0 Å². The van der Waals surface area contributed by atoms with E-state index in [2.05, 4.69) is 24.1 Å². The molecule has 0 aromatic heterocycles. The van der Waals surface area contributed by atoms with Crippen molar-refractivity contribution in [2.75, 3.05) is 37.7 Å². The Kier molecular flexibility index (Phi) is 6.44. The van der Waals surface area contributed by atoms with Crippen LogP contribution < -0.4 is 5.32 Å². The molecule has 0 aliphatic carbocycles. The van der Waals surface area contributed by atoms with Crippen LogP contribution in [-0.4, -0.2) is 57.0 Å². The quantitative estimate of drug-likeness (QED) is 0.692. The molecule has 1 fully saturated rings. The van der Waals surface area contributed by atoms with Gasteiger partial charge in [0.1, 0.15) is 0 Å². The van der Waals surface area contributed by atoms with Crippen LogP contribution in [0.25, 0.3) is 0 Å². The molecule has 0 radical (unpaired) electrons. The van der Waals surface area contributed by atoms with Gasteiger partial charge in [0.15, 0.2) is 9.84 Å². The zero-order chi connectivity index (χ0) is 12.7. The summed E-state index contributed by atoms with van der Waals surface area (Å²) in [6.45, 7) is 7.80. The minimum atomic E-state index is -2.75. The summed E-state index contributed by atoms with van der Waals surface area (Å²) in [4.78, 5) is 2.34. The highest BCUT2D eigenvalue weighted by Gasteiger charge is 2.26. The summed E-state index contributed by atoms with van der Waals surface area (Å²) in [5.41, 5.74) is 0. The lowest BCUT2D eigenvalue weighted by atomic mass is 10.1. The first kappa shape index (κ1) is 14.9. The molecule has 0 saturated carbocycles. The fourth-order valence-corrected chi connectivity index (χ4v) is 3.51. The number of rotatable bonds is 7. The summed E-state index contributed by atoms with van der Waals surface area (Å²) >= 11 is 0. The van der Waals surface area contributed by atoms with Gasteiger partial charge in [-0.3, -0.25) is 4.90 Å². The monoisotopic (exact) mass is 262 g/mol. The van der Waals surface area contributed by atoms with E-state index >= 15 is 0 Å². The molecule has 1 aliphatic heterocycles. The average Bonchev–Trinajstić information content (AvgIpc) is 2.28. The maximum absolute atomic E-state index is 11.4. The highest BCUT2D eigenvalue weighted by atomic mass is 32.2. The van der Waals surface area contributed by atoms with E-state index in [1.54, 1.807) is 0 Å². The second-order valence-corrected chi connectivity index (χ2v) is 7.14. The second kappa shape index (κ2) is 7.34. The van der Waals surface area contributed by atoms with Crippen molar-refractivity contribution in [2.24, 2.45) is 0 Å². The Morgan fingerprint density at radius 3 is 2.35 bits per heavy atom. The lowest BCUT2D eigenvalue weighted by molar-refractivity contribution is 0.196. The molecule has 0 aromatic carbocycles. The van der Waals surface area contributed by atoms with Gasteiger partial charge in [0, 0.05) is 25.7 Å². The summed E-state index contributed by atoms with van der Waals surface area (Å²) in [6.07, 6.45) is 3.45. The molecule has 0 aromatic rings. The van der Waals surface area contributed by atoms with E-state index in [9.17, 15) is 8.42 Å². The Morgan fingerprint density at radius 1 is 1.18 bits per heavy atom. The third kappa shape index (κ3) is 5.36. The standard InChI is InChI=1S/C12H26N2O2S/c1-3-5-12(11-13-6-4-2)14-7-9-17(15,16)10-8-14/h12-13H,3-11H2,1-2H3. The van der Waals surface area contributed by atoms with Crippen LogP contribution in [0.5, 0.6) is 0 Å². The van der Waals surface area contributed by atoms with Gasteiger partial charge < -0.3 is 5.32 Å². The molecule has 1 heterocycles. The van der Waals surface area contributed by atoms with Gasteiger partial charge in [0.2, 0.25) is 0 Å². The van der Waals surface area contributed by atoms with E-state index in [4.69, 9.17) is 0 Å². The van der Waals surface area contributed by atoms with E-state index in [0.29, 0.717) is 30.6 Å². The summed E-state index contributed by atoms with van der Waals surface area (Å²) < 4.78 is 22.8. The molecule has 0 amide bonds. The van der Waals surface area contributed by atoms with E-state index in [1.165, 1.54) is 0 Å². The van der Waals surface area contributed by atoms with Crippen molar-refractivity contribution in [3.05, 3.63) is 0 Å². The Labute approximate surface area is 106 Å². The van der Waals surface area contributed by atoms with Crippen LogP contribution in [0.2, 0.25) is 0 Å². The predicted molar refractivity (Wildman–Crippen MR) is 72.1 cm³/mol. The third-order valence-corrected chi connectivity index (χ3v) is 4.93. The molecule has 0 bridgehead atoms. The van der Waals surface area contributed by atoms with Gasteiger partial charge in [-0.05, 0) is 19.4 Å². The van der Waals surface area contributed by atoms with Crippen LogP contribution in [0.3, 0.4) is 0 Å². The Hall–Kier alpha value is -0.130. The number of nitrogens with zero attached hydrogens (tertiary/aromatic N) is 1. The zero-order valence-electron chi connectivity index (χ0n) is 11.1. The van der Waals surface area contributed by atoms with Crippen molar-refractivity contribution in [3.63, 3.8) is 0 Å². The number of hydrogen-bond donors (Lipinski definition) is 1. The van der Waals surface area contributed by atoms with E-state index in [0.717, 1.165) is 32.4 Å². The topological polar surface area (TPSA) is 49.4 Å². The minimum absolute atomic E-state index is 0.334. The number of sulfone groups is 1. The van der Waals surface area contributed by atoms with Crippen molar-refractivity contribution in [2.45, 2.75) is 39.2 Å². The number of hydrogen-bond acceptors (Lipinski definition) is 4. The van der Waals surface area contributed by atoms with Crippen LogP contribution in [0, 0.1) is 0 Å². The van der Waals surface area contributed by atoms with Crippen molar-refractivity contribution < 1.29 is 8.42 Å². The molecule has 17 heavy (non-hydrogen) atoms. The molecule has 1 aliphatic rings. The fraction of sp³-hybridized carbons (Fsp3) is 1.00. The molecule has 1 N–H and O–H groups in total. The Balaban J connectivity index is 2.41. The molecule has 4 nitrogen and oxygen atoms in total. The van der Waals surface area contributed by atoms with E-state index < -0.39 is 9.84 Å². The molecule has 1 atom stereocenters. The van der Waals surface area contributed by atoms with Gasteiger partial charge in [-0.2, -0.15) is 0 Å². The van der Waals surface area contributed by atoms with Crippen LogP contribution in [0.15, 0.2) is 0 Å². The summed E-state index contributed by atoms with van der Waals surface area (Å²) in [6, 6.07) is 0.502. The van der Waals surface area contributed by atoms with Gasteiger partial charge in [0.05, 0.1) is 11.5 Å². The van der Waals surface area contributed by atoms with E-state index in [1.807, 2.05) is 0 Å². The van der Waals surface area contributed by atoms with Crippen LogP contribution >= 0.6 is 0 Å². The first-order valence-electron chi connectivity index (χ1n) is 6.74. The number of nitrogens with one attached hydrogen (secondary N) is 1. The van der Waals surface area contributed by atoms with Crippen molar-refractivity contribution >= 4 is 9.84 Å². The molecule has 1 rings (SSSR count). The van der Waals surface area contributed by atoms with Gasteiger partial charge in [-0.15, -0.1) is 0 Å². The molecule has 1 unspecified atom stereocenters. The third-order valence-electron chi connectivity index (χ3n) is 3.32. The Morgan fingerprint density at radius 2 is 1.82 bits per heavy atom. The molecule has 5 heteroatoms. The van der Waals surface area contributed by atoms with Crippen LogP contribution in [0.1, 0.15) is 33.1 Å². The molecular formula is C12H26N2O2S. The van der Waals surface area contributed by atoms with Gasteiger partial charge in [-0.1, -0.05) is 20.3 Å². The van der Waals surface area contributed by atoms with Crippen molar-refractivity contribution in [1.29, 1.82) is 0 Å². The summed E-state index contributed by atoms with van der Waals surface area (Å²) in [7, 11) is -2.75. The van der Waals surface area contributed by atoms with Gasteiger partial charge in [0.25, 0.3) is 0 Å². The summed E-state index contributed by atoms with van der Waals surface area (Å²) in [5.74, 6) is 0.669. The summed E-state index contributed by atoms with van der Waals surface area (Å²) in [5, 5.41) is 3.45. The zero-order valence-corrected chi connectivity index (χ0v) is 11.9. The van der Waals surface area contributed by atoms with Gasteiger partial charge >= 0.3 is 0 Å². The smallest absolute Gasteiger partial charge is 0.152 e. The lowest BCUT2D eigenvalue weighted by Gasteiger charge is -2.34.